The van der Waals surface area contributed by atoms with Crippen molar-refractivity contribution in [3.8, 4) is 0 Å². The molecule has 1 aliphatic rings. The van der Waals surface area contributed by atoms with Gasteiger partial charge in [-0.25, -0.2) is 0 Å². The minimum absolute atomic E-state index is 0.0326. The summed E-state index contributed by atoms with van der Waals surface area (Å²) in [6.45, 7) is 8.30. The number of amides is 1. The first kappa shape index (κ1) is 17.7. The van der Waals surface area contributed by atoms with E-state index < -0.39 is 0 Å². The lowest BCUT2D eigenvalue weighted by Gasteiger charge is -2.22. The Bertz CT molecular complexity index is 791. The van der Waals surface area contributed by atoms with E-state index in [-0.39, 0.29) is 11.9 Å². The third kappa shape index (κ3) is 3.78. The van der Waals surface area contributed by atoms with E-state index in [1.165, 1.54) is 47.9 Å². The summed E-state index contributed by atoms with van der Waals surface area (Å²) in [6, 6.07) is 11.0. The maximum absolute atomic E-state index is 12.8. The number of nitrogens with one attached hydrogen (secondary N) is 1. The van der Waals surface area contributed by atoms with Gasteiger partial charge in [0.05, 0.1) is 6.04 Å². The van der Waals surface area contributed by atoms with Crippen molar-refractivity contribution in [2.45, 2.75) is 65.8 Å². The molecule has 0 bridgehead atoms. The summed E-state index contributed by atoms with van der Waals surface area (Å²) in [5, 5.41) is 3.25. The molecule has 1 unspecified atom stereocenters. The Morgan fingerprint density at radius 2 is 1.64 bits per heavy atom. The van der Waals surface area contributed by atoms with Crippen molar-refractivity contribution in [1.29, 1.82) is 0 Å². The molecule has 1 aliphatic carbocycles. The normalized spacial score (nSPS) is 14.7. The van der Waals surface area contributed by atoms with Crippen LogP contribution < -0.4 is 5.32 Å². The molecule has 0 saturated carbocycles. The van der Waals surface area contributed by atoms with Crippen LogP contribution >= 0.6 is 0 Å². The summed E-state index contributed by atoms with van der Waals surface area (Å²) in [5.41, 5.74) is 8.42. The molecule has 0 fully saturated rings. The van der Waals surface area contributed by atoms with Gasteiger partial charge >= 0.3 is 0 Å². The van der Waals surface area contributed by atoms with E-state index in [9.17, 15) is 4.79 Å². The van der Waals surface area contributed by atoms with Crippen molar-refractivity contribution < 1.29 is 4.79 Å². The highest BCUT2D eigenvalue weighted by atomic mass is 16.1. The average Bonchev–Trinajstić information content (AvgIpc) is 2.62. The molecule has 3 rings (SSSR count). The van der Waals surface area contributed by atoms with Gasteiger partial charge in [-0.05, 0) is 92.3 Å². The standard InChI is InChI=1S/C23H29NO/c1-5-22(20-11-10-18-8-6-7-9-19(18)14-20)24-23(25)21-13-16(3)15(2)12-17(21)4/h10-14,22H,5-9H2,1-4H3,(H,24,25). The first-order valence-corrected chi connectivity index (χ1v) is 9.50. The molecular formula is C23H29NO. The fourth-order valence-corrected chi connectivity index (χ4v) is 3.83. The van der Waals surface area contributed by atoms with E-state index in [2.05, 4.69) is 50.4 Å². The molecule has 2 aromatic carbocycles. The molecule has 2 aromatic rings. The highest BCUT2D eigenvalue weighted by molar-refractivity contribution is 5.96. The number of rotatable bonds is 4. The molecule has 0 saturated heterocycles. The quantitative estimate of drug-likeness (QED) is 0.799. The molecule has 0 aliphatic heterocycles. The topological polar surface area (TPSA) is 29.1 Å². The summed E-state index contributed by atoms with van der Waals surface area (Å²) in [7, 11) is 0. The van der Waals surface area contributed by atoms with Gasteiger partial charge in [0.2, 0.25) is 0 Å². The van der Waals surface area contributed by atoms with Gasteiger partial charge in [0.25, 0.3) is 5.91 Å². The van der Waals surface area contributed by atoms with Crippen molar-refractivity contribution in [1.82, 2.24) is 5.32 Å². The molecule has 2 nitrogen and oxygen atoms in total. The molecule has 132 valence electrons. The third-order valence-corrected chi connectivity index (χ3v) is 5.57. The summed E-state index contributed by atoms with van der Waals surface area (Å²) in [5.74, 6) is 0.0326. The first-order valence-electron chi connectivity index (χ1n) is 9.50. The van der Waals surface area contributed by atoms with Crippen molar-refractivity contribution in [3.05, 3.63) is 69.3 Å². The van der Waals surface area contributed by atoms with Gasteiger partial charge in [0, 0.05) is 5.56 Å². The van der Waals surface area contributed by atoms with Gasteiger partial charge in [-0.1, -0.05) is 31.2 Å². The lowest BCUT2D eigenvalue weighted by Crippen LogP contribution is -2.29. The van der Waals surface area contributed by atoms with E-state index in [0.29, 0.717) is 0 Å². The molecule has 0 spiro atoms. The molecule has 0 heterocycles. The Hall–Kier alpha value is -2.09. The van der Waals surface area contributed by atoms with Crippen molar-refractivity contribution in [2.75, 3.05) is 0 Å². The smallest absolute Gasteiger partial charge is 0.252 e. The highest BCUT2D eigenvalue weighted by Crippen LogP contribution is 2.26. The Kier molecular flexibility index (Phi) is 5.27. The second-order valence-corrected chi connectivity index (χ2v) is 7.42. The number of carbonyl (C=O) groups is 1. The Labute approximate surface area is 151 Å². The number of hydrogen-bond acceptors (Lipinski definition) is 1. The van der Waals surface area contributed by atoms with Gasteiger partial charge in [-0.15, -0.1) is 0 Å². The maximum Gasteiger partial charge on any atom is 0.252 e. The average molecular weight is 335 g/mol. The van der Waals surface area contributed by atoms with E-state index >= 15 is 0 Å². The fourth-order valence-electron chi connectivity index (χ4n) is 3.83. The number of aryl methyl sites for hydroxylation is 5. The Morgan fingerprint density at radius 3 is 2.36 bits per heavy atom. The monoisotopic (exact) mass is 335 g/mol. The minimum atomic E-state index is 0.0326. The number of carbonyl (C=O) groups excluding carboxylic acids is 1. The molecule has 2 heteroatoms. The molecule has 1 N–H and O–H groups in total. The van der Waals surface area contributed by atoms with Crippen LogP contribution in [-0.2, 0) is 12.8 Å². The first-order chi connectivity index (χ1) is 12.0. The Morgan fingerprint density at radius 1 is 0.960 bits per heavy atom. The zero-order valence-electron chi connectivity index (χ0n) is 15.9. The van der Waals surface area contributed by atoms with E-state index in [1.807, 2.05) is 13.0 Å². The second kappa shape index (κ2) is 7.43. The van der Waals surface area contributed by atoms with Crippen LogP contribution in [0.2, 0.25) is 0 Å². The number of benzene rings is 2. The van der Waals surface area contributed by atoms with Crippen LogP contribution in [0.3, 0.4) is 0 Å². The largest absolute Gasteiger partial charge is 0.345 e. The second-order valence-electron chi connectivity index (χ2n) is 7.42. The van der Waals surface area contributed by atoms with Gasteiger partial charge in [-0.3, -0.25) is 4.79 Å². The van der Waals surface area contributed by atoms with Crippen molar-refractivity contribution in [2.24, 2.45) is 0 Å². The van der Waals surface area contributed by atoms with Crippen LogP contribution in [0.1, 0.15) is 76.0 Å². The molecule has 0 aromatic heterocycles. The van der Waals surface area contributed by atoms with Gasteiger partial charge in [-0.2, -0.15) is 0 Å². The molecule has 1 atom stereocenters. The fraction of sp³-hybridized carbons (Fsp3) is 0.435. The van der Waals surface area contributed by atoms with E-state index in [1.54, 1.807) is 0 Å². The van der Waals surface area contributed by atoms with Gasteiger partial charge < -0.3 is 5.32 Å². The van der Waals surface area contributed by atoms with Crippen LogP contribution in [0.15, 0.2) is 30.3 Å². The van der Waals surface area contributed by atoms with Crippen LogP contribution in [-0.4, -0.2) is 5.91 Å². The predicted molar refractivity (Wildman–Crippen MR) is 104 cm³/mol. The third-order valence-electron chi connectivity index (χ3n) is 5.57. The number of fused-ring (bicyclic) bond motifs is 1. The molecule has 0 radical (unpaired) electrons. The lowest BCUT2D eigenvalue weighted by molar-refractivity contribution is 0.0935. The predicted octanol–water partition coefficient (Wildman–Crippen LogP) is 5.37. The zero-order chi connectivity index (χ0) is 18.0. The van der Waals surface area contributed by atoms with Gasteiger partial charge in [0.15, 0.2) is 0 Å². The summed E-state index contributed by atoms with van der Waals surface area (Å²) in [4.78, 5) is 12.8. The summed E-state index contributed by atoms with van der Waals surface area (Å²) >= 11 is 0. The van der Waals surface area contributed by atoms with Crippen molar-refractivity contribution >= 4 is 5.91 Å². The van der Waals surface area contributed by atoms with Crippen LogP contribution in [0.4, 0.5) is 0 Å². The zero-order valence-corrected chi connectivity index (χ0v) is 15.9. The highest BCUT2D eigenvalue weighted by Gasteiger charge is 2.18. The van der Waals surface area contributed by atoms with Gasteiger partial charge in [0.1, 0.15) is 0 Å². The summed E-state index contributed by atoms with van der Waals surface area (Å²) < 4.78 is 0. The minimum Gasteiger partial charge on any atom is -0.345 e. The lowest BCUT2D eigenvalue weighted by atomic mass is 9.88. The summed E-state index contributed by atoms with van der Waals surface area (Å²) in [6.07, 6.45) is 5.84. The van der Waals surface area contributed by atoms with Crippen LogP contribution in [0.5, 0.6) is 0 Å². The van der Waals surface area contributed by atoms with Crippen LogP contribution in [0.25, 0.3) is 0 Å². The van der Waals surface area contributed by atoms with Crippen molar-refractivity contribution in [3.63, 3.8) is 0 Å². The molecule has 25 heavy (non-hydrogen) atoms. The molecule has 1 amide bonds. The molecular weight excluding hydrogens is 306 g/mol. The SMILES string of the molecule is CCC(NC(=O)c1cc(C)c(C)cc1C)c1ccc2c(c1)CCCC2. The van der Waals surface area contributed by atoms with E-state index in [0.717, 1.165) is 23.1 Å². The van der Waals surface area contributed by atoms with Crippen LogP contribution in [0, 0.1) is 20.8 Å². The Balaban J connectivity index is 1.82. The number of hydrogen-bond donors (Lipinski definition) is 1. The maximum atomic E-state index is 12.8. The van der Waals surface area contributed by atoms with E-state index in [4.69, 9.17) is 0 Å².